The standard InChI is InChI=1S/C16H19FN2O/c1-10-15(16(20)11-5-7-18-8-6-11)13-4-3-12(17)9-14(13)19(10)2/h3-4,9,11,18H,5-8H2,1-2H3. The van der Waals surface area contributed by atoms with Crippen LogP contribution < -0.4 is 5.32 Å². The van der Waals surface area contributed by atoms with Crippen LogP contribution in [0.1, 0.15) is 28.9 Å². The van der Waals surface area contributed by atoms with Crippen LogP contribution in [-0.2, 0) is 7.05 Å². The number of fused-ring (bicyclic) bond motifs is 1. The highest BCUT2D eigenvalue weighted by Gasteiger charge is 2.27. The minimum atomic E-state index is -0.265. The van der Waals surface area contributed by atoms with Crippen molar-refractivity contribution in [2.75, 3.05) is 13.1 Å². The molecule has 20 heavy (non-hydrogen) atoms. The Balaban J connectivity index is 2.11. The van der Waals surface area contributed by atoms with Gasteiger partial charge in [-0.05, 0) is 51.1 Å². The fourth-order valence-corrected chi connectivity index (χ4v) is 3.14. The average molecular weight is 274 g/mol. The maximum absolute atomic E-state index is 13.4. The Hall–Kier alpha value is -1.68. The molecule has 0 amide bonds. The molecule has 4 heteroatoms. The molecule has 1 N–H and O–H groups in total. The van der Waals surface area contributed by atoms with Gasteiger partial charge in [-0.1, -0.05) is 0 Å². The summed E-state index contributed by atoms with van der Waals surface area (Å²) in [5, 5.41) is 4.15. The van der Waals surface area contributed by atoms with E-state index >= 15 is 0 Å². The van der Waals surface area contributed by atoms with Crippen molar-refractivity contribution < 1.29 is 9.18 Å². The fourth-order valence-electron chi connectivity index (χ4n) is 3.14. The Morgan fingerprint density at radius 3 is 2.75 bits per heavy atom. The van der Waals surface area contributed by atoms with E-state index in [1.165, 1.54) is 12.1 Å². The summed E-state index contributed by atoms with van der Waals surface area (Å²) in [6.45, 7) is 3.73. The zero-order chi connectivity index (χ0) is 14.3. The number of benzene rings is 1. The van der Waals surface area contributed by atoms with Crippen molar-refractivity contribution in [2.24, 2.45) is 13.0 Å². The SMILES string of the molecule is Cc1c(C(=O)C2CCNCC2)c2ccc(F)cc2n1C. The highest BCUT2D eigenvalue weighted by atomic mass is 19.1. The number of nitrogens with zero attached hydrogens (tertiary/aromatic N) is 1. The third-order valence-corrected chi connectivity index (χ3v) is 4.41. The topological polar surface area (TPSA) is 34.0 Å². The molecule has 106 valence electrons. The van der Waals surface area contributed by atoms with Crippen LogP contribution in [0.4, 0.5) is 4.39 Å². The number of hydrogen-bond acceptors (Lipinski definition) is 2. The summed E-state index contributed by atoms with van der Waals surface area (Å²) in [6, 6.07) is 4.66. The molecule has 3 rings (SSSR count). The minimum Gasteiger partial charge on any atom is -0.347 e. The van der Waals surface area contributed by atoms with E-state index in [1.807, 2.05) is 18.5 Å². The van der Waals surface area contributed by atoms with Crippen LogP contribution in [0.5, 0.6) is 0 Å². The lowest BCUT2D eigenvalue weighted by Gasteiger charge is -2.21. The third kappa shape index (κ3) is 2.04. The second kappa shape index (κ2) is 5.02. The normalized spacial score (nSPS) is 16.8. The van der Waals surface area contributed by atoms with Gasteiger partial charge in [0, 0.05) is 29.6 Å². The van der Waals surface area contributed by atoms with E-state index in [4.69, 9.17) is 0 Å². The average Bonchev–Trinajstić information content (AvgIpc) is 2.71. The van der Waals surface area contributed by atoms with Crippen molar-refractivity contribution in [1.29, 1.82) is 0 Å². The Labute approximate surface area is 117 Å². The minimum absolute atomic E-state index is 0.0885. The molecule has 1 saturated heterocycles. The second-order valence-corrected chi connectivity index (χ2v) is 5.57. The number of halogens is 1. The fraction of sp³-hybridized carbons (Fsp3) is 0.438. The van der Waals surface area contributed by atoms with E-state index in [1.54, 1.807) is 6.07 Å². The Morgan fingerprint density at radius 2 is 2.05 bits per heavy atom. The number of hydrogen-bond donors (Lipinski definition) is 1. The summed E-state index contributed by atoms with van der Waals surface area (Å²) < 4.78 is 15.3. The highest BCUT2D eigenvalue weighted by molar-refractivity contribution is 6.10. The van der Waals surface area contributed by atoms with Gasteiger partial charge in [-0.3, -0.25) is 4.79 Å². The van der Waals surface area contributed by atoms with Gasteiger partial charge in [-0.15, -0.1) is 0 Å². The van der Waals surface area contributed by atoms with Gasteiger partial charge in [-0.25, -0.2) is 4.39 Å². The van der Waals surface area contributed by atoms with Crippen LogP contribution in [0.2, 0.25) is 0 Å². The zero-order valence-corrected chi connectivity index (χ0v) is 11.9. The van der Waals surface area contributed by atoms with Gasteiger partial charge in [-0.2, -0.15) is 0 Å². The number of carbonyl (C=O) groups is 1. The molecule has 1 fully saturated rings. The lowest BCUT2D eigenvalue weighted by atomic mass is 9.88. The summed E-state index contributed by atoms with van der Waals surface area (Å²) >= 11 is 0. The molecule has 2 aromatic rings. The van der Waals surface area contributed by atoms with Gasteiger partial charge < -0.3 is 9.88 Å². The molecule has 0 atom stereocenters. The Kier molecular flexibility index (Phi) is 3.34. The van der Waals surface area contributed by atoms with Crippen LogP contribution in [0.15, 0.2) is 18.2 Å². The molecule has 0 aliphatic carbocycles. The molecule has 2 heterocycles. The molecule has 0 radical (unpaired) electrons. The summed E-state index contributed by atoms with van der Waals surface area (Å²) in [5.41, 5.74) is 2.49. The van der Waals surface area contributed by atoms with E-state index in [2.05, 4.69) is 5.32 Å². The van der Waals surface area contributed by atoms with E-state index in [-0.39, 0.29) is 17.5 Å². The van der Waals surface area contributed by atoms with Gasteiger partial charge >= 0.3 is 0 Å². The van der Waals surface area contributed by atoms with Crippen molar-refractivity contribution in [3.8, 4) is 0 Å². The number of ketones is 1. The number of nitrogens with one attached hydrogen (secondary N) is 1. The van der Waals surface area contributed by atoms with E-state index in [0.29, 0.717) is 0 Å². The smallest absolute Gasteiger partial charge is 0.168 e. The third-order valence-electron chi connectivity index (χ3n) is 4.41. The van der Waals surface area contributed by atoms with Gasteiger partial charge in [0.2, 0.25) is 0 Å². The van der Waals surface area contributed by atoms with E-state index in [0.717, 1.165) is 48.1 Å². The first kappa shape index (κ1) is 13.3. The van der Waals surface area contributed by atoms with Gasteiger partial charge in [0.1, 0.15) is 5.82 Å². The monoisotopic (exact) mass is 274 g/mol. The van der Waals surface area contributed by atoms with Crippen LogP contribution in [0.3, 0.4) is 0 Å². The number of aryl methyl sites for hydroxylation is 1. The molecule has 1 aromatic heterocycles. The van der Waals surface area contributed by atoms with Crippen molar-refractivity contribution in [2.45, 2.75) is 19.8 Å². The van der Waals surface area contributed by atoms with Crippen LogP contribution >= 0.6 is 0 Å². The number of rotatable bonds is 2. The van der Waals surface area contributed by atoms with Crippen molar-refractivity contribution >= 4 is 16.7 Å². The number of aromatic nitrogens is 1. The maximum Gasteiger partial charge on any atom is 0.168 e. The summed E-state index contributed by atoms with van der Waals surface area (Å²) in [5.74, 6) is 0.0331. The van der Waals surface area contributed by atoms with Crippen LogP contribution in [-0.4, -0.2) is 23.4 Å². The molecule has 0 spiro atoms. The zero-order valence-electron chi connectivity index (χ0n) is 11.9. The van der Waals surface area contributed by atoms with Crippen molar-refractivity contribution in [3.63, 3.8) is 0 Å². The predicted molar refractivity (Wildman–Crippen MR) is 77.5 cm³/mol. The first-order valence-electron chi connectivity index (χ1n) is 7.09. The van der Waals surface area contributed by atoms with E-state index in [9.17, 15) is 9.18 Å². The molecule has 1 aliphatic rings. The van der Waals surface area contributed by atoms with Crippen molar-refractivity contribution in [3.05, 3.63) is 35.3 Å². The number of Topliss-reactive ketones (excluding diaryl/α,β-unsaturated/α-hetero) is 1. The van der Waals surface area contributed by atoms with Crippen molar-refractivity contribution in [1.82, 2.24) is 9.88 Å². The van der Waals surface area contributed by atoms with Crippen LogP contribution in [0, 0.1) is 18.7 Å². The second-order valence-electron chi connectivity index (χ2n) is 5.57. The molecule has 0 unspecified atom stereocenters. The molecular weight excluding hydrogens is 255 g/mol. The Bertz CT molecular complexity index is 669. The Morgan fingerprint density at radius 1 is 1.35 bits per heavy atom. The summed E-state index contributed by atoms with van der Waals surface area (Å²) in [6.07, 6.45) is 1.77. The lowest BCUT2D eigenvalue weighted by Crippen LogP contribution is -2.32. The van der Waals surface area contributed by atoms with Gasteiger partial charge in [0.15, 0.2) is 5.78 Å². The van der Waals surface area contributed by atoms with Crippen LogP contribution in [0.25, 0.3) is 10.9 Å². The summed E-state index contributed by atoms with van der Waals surface area (Å²) in [7, 11) is 1.89. The van der Waals surface area contributed by atoms with Gasteiger partial charge in [0.25, 0.3) is 0 Å². The first-order chi connectivity index (χ1) is 9.59. The predicted octanol–water partition coefficient (Wildman–Crippen LogP) is 2.81. The quantitative estimate of drug-likeness (QED) is 0.854. The molecule has 0 saturated carbocycles. The molecule has 1 aliphatic heterocycles. The maximum atomic E-state index is 13.4. The number of piperidine rings is 1. The largest absolute Gasteiger partial charge is 0.347 e. The first-order valence-corrected chi connectivity index (χ1v) is 7.09. The molecular formula is C16H19FN2O. The molecule has 0 bridgehead atoms. The van der Waals surface area contributed by atoms with Gasteiger partial charge in [0.05, 0.1) is 5.52 Å². The number of carbonyl (C=O) groups excluding carboxylic acids is 1. The van der Waals surface area contributed by atoms with E-state index < -0.39 is 0 Å². The highest BCUT2D eigenvalue weighted by Crippen LogP contribution is 2.29. The summed E-state index contributed by atoms with van der Waals surface area (Å²) in [4.78, 5) is 12.8. The molecule has 3 nitrogen and oxygen atoms in total. The molecule has 1 aromatic carbocycles. The lowest BCUT2D eigenvalue weighted by molar-refractivity contribution is 0.0896.